The molecule has 2 amide bonds. The number of carbonyl (C=O) groups excluding carboxylic acids is 3. The summed E-state index contributed by atoms with van der Waals surface area (Å²) >= 11 is 1.52. The molecule has 10 nitrogen and oxygen atoms in total. The predicted octanol–water partition coefficient (Wildman–Crippen LogP) is 0.883. The lowest BCUT2D eigenvalue weighted by Gasteiger charge is -2.20. The number of sulfonamides is 1. The van der Waals surface area contributed by atoms with Gasteiger partial charge in [0.2, 0.25) is 5.91 Å². The van der Waals surface area contributed by atoms with Crippen molar-refractivity contribution in [3.63, 3.8) is 0 Å². The van der Waals surface area contributed by atoms with Crippen LogP contribution in [0.4, 0.5) is 0 Å². The number of fused-ring (bicyclic) bond motifs is 1. The van der Waals surface area contributed by atoms with Gasteiger partial charge < -0.3 is 15.0 Å². The summed E-state index contributed by atoms with van der Waals surface area (Å²) in [6, 6.07) is 9.00. The Morgan fingerprint density at radius 2 is 1.97 bits per heavy atom. The molecule has 176 valence electrons. The molecule has 0 fully saturated rings. The van der Waals surface area contributed by atoms with Crippen LogP contribution in [0.5, 0.6) is 0 Å². The maximum absolute atomic E-state index is 12.4. The first-order valence-electron chi connectivity index (χ1n) is 10.1. The van der Waals surface area contributed by atoms with Crippen molar-refractivity contribution in [1.29, 1.82) is 0 Å². The van der Waals surface area contributed by atoms with Crippen LogP contribution < -0.4 is 10.0 Å². The van der Waals surface area contributed by atoms with E-state index in [9.17, 15) is 22.8 Å². The van der Waals surface area contributed by atoms with Gasteiger partial charge in [0.05, 0.1) is 18.0 Å². The highest BCUT2D eigenvalue weighted by atomic mass is 32.2. The van der Waals surface area contributed by atoms with Crippen LogP contribution in [0.25, 0.3) is 0 Å². The SMILES string of the molecule is CCN(CC(=O)NCc1cccs1)C(=O)COC(=O)[C@H](C)N=C1NS(=O)(=O)c2ccccc21. The van der Waals surface area contributed by atoms with Crippen LogP contribution in [0.15, 0.2) is 51.7 Å². The zero-order valence-electron chi connectivity index (χ0n) is 18.1. The number of thiophene rings is 1. The van der Waals surface area contributed by atoms with E-state index in [1.165, 1.54) is 29.2 Å². The van der Waals surface area contributed by atoms with Gasteiger partial charge in [0.15, 0.2) is 6.61 Å². The number of hydrogen-bond acceptors (Lipinski definition) is 8. The van der Waals surface area contributed by atoms with Crippen LogP contribution in [-0.4, -0.2) is 62.7 Å². The van der Waals surface area contributed by atoms with Crippen molar-refractivity contribution < 1.29 is 27.5 Å². The number of rotatable bonds is 9. The summed E-state index contributed by atoms with van der Waals surface area (Å²) in [5, 5.41) is 4.65. The van der Waals surface area contributed by atoms with Crippen LogP contribution in [-0.2, 0) is 35.7 Å². The molecule has 0 bridgehead atoms. The Kier molecular flexibility index (Phi) is 7.82. The van der Waals surface area contributed by atoms with Crippen LogP contribution in [0.1, 0.15) is 24.3 Å². The average Bonchev–Trinajstić information content (AvgIpc) is 3.40. The fraction of sp³-hybridized carbons (Fsp3) is 0.333. The van der Waals surface area contributed by atoms with Crippen molar-refractivity contribution in [3.05, 3.63) is 52.2 Å². The minimum atomic E-state index is -3.73. The smallest absolute Gasteiger partial charge is 0.331 e. The minimum Gasteiger partial charge on any atom is -0.454 e. The molecule has 2 heterocycles. The van der Waals surface area contributed by atoms with Gasteiger partial charge in [-0.2, -0.15) is 0 Å². The quantitative estimate of drug-likeness (QED) is 0.499. The number of likely N-dealkylation sites (N-methyl/N-ethyl adjacent to an activating group) is 1. The van der Waals surface area contributed by atoms with Gasteiger partial charge in [0, 0.05) is 17.0 Å². The van der Waals surface area contributed by atoms with E-state index in [4.69, 9.17) is 4.74 Å². The monoisotopic (exact) mass is 492 g/mol. The van der Waals surface area contributed by atoms with E-state index in [1.54, 1.807) is 25.1 Å². The fourth-order valence-corrected chi connectivity index (χ4v) is 4.91. The molecule has 1 aliphatic rings. The number of aliphatic imine (C=N–C) groups is 1. The first-order chi connectivity index (χ1) is 15.7. The number of esters is 1. The molecule has 2 aromatic rings. The first kappa shape index (κ1) is 24.4. The Morgan fingerprint density at radius 3 is 2.67 bits per heavy atom. The second-order valence-corrected chi connectivity index (χ2v) is 9.81. The van der Waals surface area contributed by atoms with Gasteiger partial charge >= 0.3 is 5.97 Å². The number of ether oxygens (including phenoxy) is 1. The molecular formula is C21H24N4O6S2. The minimum absolute atomic E-state index is 0.0407. The van der Waals surface area contributed by atoms with Crippen LogP contribution in [0, 0.1) is 0 Å². The Balaban J connectivity index is 1.52. The Morgan fingerprint density at radius 1 is 1.21 bits per heavy atom. The Labute approximate surface area is 195 Å². The molecule has 12 heteroatoms. The molecule has 0 radical (unpaired) electrons. The van der Waals surface area contributed by atoms with E-state index in [-0.39, 0.29) is 29.7 Å². The highest BCUT2D eigenvalue weighted by Crippen LogP contribution is 2.22. The normalized spacial score (nSPS) is 15.9. The lowest BCUT2D eigenvalue weighted by molar-refractivity contribution is -0.153. The third-order valence-corrected chi connectivity index (χ3v) is 7.05. The van der Waals surface area contributed by atoms with Gasteiger partial charge in [0.25, 0.3) is 15.9 Å². The van der Waals surface area contributed by atoms with Gasteiger partial charge in [-0.3, -0.25) is 19.3 Å². The molecule has 1 aliphatic heterocycles. The molecule has 2 N–H and O–H groups in total. The summed E-state index contributed by atoms with van der Waals surface area (Å²) in [4.78, 5) is 43.3. The summed E-state index contributed by atoms with van der Waals surface area (Å²) in [6.45, 7) is 3.08. The standard InChI is InChI=1S/C21H24N4O6S2/c1-3-25(12-18(26)22-11-15-7-6-10-32-15)19(27)13-31-21(28)14(2)23-20-16-8-4-5-9-17(16)33(29,30)24-20/h4-10,14H,3,11-13H2,1-2H3,(H,22,26)(H,23,24)/t14-/m0/s1. The number of hydrogen-bond donors (Lipinski definition) is 2. The number of carbonyl (C=O) groups is 3. The zero-order valence-corrected chi connectivity index (χ0v) is 19.7. The van der Waals surface area contributed by atoms with Crippen molar-refractivity contribution >= 4 is 45.0 Å². The zero-order chi connectivity index (χ0) is 24.0. The molecule has 1 aromatic heterocycles. The number of amides is 2. The molecule has 3 rings (SSSR count). The second kappa shape index (κ2) is 10.6. The number of amidine groups is 1. The van der Waals surface area contributed by atoms with E-state index >= 15 is 0 Å². The van der Waals surface area contributed by atoms with Crippen molar-refractivity contribution in [1.82, 2.24) is 14.9 Å². The maximum Gasteiger partial charge on any atom is 0.331 e. The van der Waals surface area contributed by atoms with E-state index < -0.39 is 34.5 Å². The number of nitrogens with zero attached hydrogens (tertiary/aromatic N) is 2. The highest BCUT2D eigenvalue weighted by molar-refractivity contribution is 7.90. The number of benzene rings is 1. The molecule has 0 saturated carbocycles. The van der Waals surface area contributed by atoms with Gasteiger partial charge in [0.1, 0.15) is 11.9 Å². The van der Waals surface area contributed by atoms with E-state index in [0.717, 1.165) is 4.88 Å². The van der Waals surface area contributed by atoms with Crippen molar-refractivity contribution in [2.45, 2.75) is 31.3 Å². The molecular weight excluding hydrogens is 468 g/mol. The third-order valence-electron chi connectivity index (χ3n) is 4.77. The van der Waals surface area contributed by atoms with Gasteiger partial charge in [-0.05, 0) is 37.4 Å². The third kappa shape index (κ3) is 6.17. The first-order valence-corrected chi connectivity index (χ1v) is 12.5. The Hall–Kier alpha value is -3.25. The van der Waals surface area contributed by atoms with Crippen LogP contribution in [0.3, 0.4) is 0 Å². The number of nitrogens with one attached hydrogen (secondary N) is 2. The average molecular weight is 493 g/mol. The molecule has 1 atom stereocenters. The summed E-state index contributed by atoms with van der Waals surface area (Å²) in [6.07, 6.45) is 0. The molecule has 0 aliphatic carbocycles. The Bertz CT molecular complexity index is 1160. The molecule has 0 spiro atoms. The van der Waals surface area contributed by atoms with Gasteiger partial charge in [-0.15, -0.1) is 11.3 Å². The van der Waals surface area contributed by atoms with Gasteiger partial charge in [-0.25, -0.2) is 13.2 Å². The molecule has 0 unspecified atom stereocenters. The van der Waals surface area contributed by atoms with E-state index in [1.807, 2.05) is 17.5 Å². The van der Waals surface area contributed by atoms with Crippen molar-refractivity contribution in [2.24, 2.45) is 4.99 Å². The second-order valence-electron chi connectivity index (χ2n) is 7.13. The van der Waals surface area contributed by atoms with Crippen LogP contribution in [0.2, 0.25) is 0 Å². The summed E-state index contributed by atoms with van der Waals surface area (Å²) in [7, 11) is -3.73. The highest BCUT2D eigenvalue weighted by Gasteiger charge is 2.31. The predicted molar refractivity (Wildman–Crippen MR) is 122 cm³/mol. The van der Waals surface area contributed by atoms with Crippen LogP contribution >= 0.6 is 11.3 Å². The summed E-state index contributed by atoms with van der Waals surface area (Å²) in [5.74, 6) is -1.60. The van der Waals surface area contributed by atoms with Gasteiger partial charge in [-0.1, -0.05) is 18.2 Å². The van der Waals surface area contributed by atoms with Crippen molar-refractivity contribution in [3.8, 4) is 0 Å². The molecule has 0 saturated heterocycles. The molecule has 1 aromatic carbocycles. The lowest BCUT2D eigenvalue weighted by Crippen LogP contribution is -2.42. The topological polar surface area (TPSA) is 134 Å². The summed E-state index contributed by atoms with van der Waals surface area (Å²) in [5.41, 5.74) is 0.360. The largest absolute Gasteiger partial charge is 0.454 e. The summed E-state index contributed by atoms with van der Waals surface area (Å²) < 4.78 is 31.7. The lowest BCUT2D eigenvalue weighted by atomic mass is 10.2. The van der Waals surface area contributed by atoms with E-state index in [2.05, 4.69) is 15.0 Å². The van der Waals surface area contributed by atoms with E-state index in [0.29, 0.717) is 12.1 Å². The van der Waals surface area contributed by atoms with Crippen molar-refractivity contribution in [2.75, 3.05) is 19.7 Å². The molecule has 33 heavy (non-hydrogen) atoms. The fourth-order valence-electron chi connectivity index (χ4n) is 3.03. The maximum atomic E-state index is 12.4.